The molecule has 0 aliphatic carbocycles. The molecule has 1 fully saturated rings. The Morgan fingerprint density at radius 3 is 2.45 bits per heavy atom. The molecule has 0 aromatic heterocycles. The Balaban J connectivity index is 2.72. The quantitative estimate of drug-likeness (QED) is 0.473. The monoisotopic (exact) mass is 230 g/mol. The van der Waals surface area contributed by atoms with Gasteiger partial charge in [-0.05, 0) is 15.9 Å². The number of ether oxygens (including phenoxy) is 1. The molecule has 1 heterocycles. The van der Waals surface area contributed by atoms with Crippen LogP contribution >= 0.6 is 15.9 Å². The van der Waals surface area contributed by atoms with E-state index >= 15 is 0 Å². The number of hydrogen-bond acceptors (Lipinski definition) is 4. The predicted molar refractivity (Wildman–Crippen MR) is 36.7 cm³/mol. The van der Waals surface area contributed by atoms with Crippen molar-refractivity contribution in [3.63, 3.8) is 0 Å². The van der Waals surface area contributed by atoms with E-state index in [9.17, 15) is 4.39 Å². The first-order valence-electron chi connectivity index (χ1n) is 3.00. The van der Waals surface area contributed by atoms with Gasteiger partial charge in [0, 0.05) is 0 Å². The van der Waals surface area contributed by atoms with E-state index in [-0.39, 0.29) is 6.61 Å². The summed E-state index contributed by atoms with van der Waals surface area (Å²) in [5.74, 6) is 0. The van der Waals surface area contributed by atoms with Crippen LogP contribution in [-0.2, 0) is 4.74 Å². The number of halogens is 2. The molecular formula is C5H8BrFO4. The fourth-order valence-corrected chi connectivity index (χ4v) is 1.23. The van der Waals surface area contributed by atoms with Crippen molar-refractivity contribution in [3.8, 4) is 0 Å². The second-order valence-electron chi connectivity index (χ2n) is 2.37. The van der Waals surface area contributed by atoms with E-state index in [0.29, 0.717) is 0 Å². The van der Waals surface area contributed by atoms with E-state index in [1.165, 1.54) is 0 Å². The standard InChI is InChI=1S/C5H8BrFO4/c6-5(7)3(9)2(8)1-11-4(5)10/h2-4,8-10H,1H2/t2-,3-,4?,5+/m1/s1. The smallest absolute Gasteiger partial charge is 0.243 e. The Morgan fingerprint density at radius 2 is 2.00 bits per heavy atom. The molecule has 4 nitrogen and oxygen atoms in total. The van der Waals surface area contributed by atoms with Gasteiger partial charge in [-0.15, -0.1) is 0 Å². The summed E-state index contributed by atoms with van der Waals surface area (Å²) >= 11 is 2.41. The maximum atomic E-state index is 13.0. The van der Waals surface area contributed by atoms with Crippen LogP contribution in [0.3, 0.4) is 0 Å². The lowest BCUT2D eigenvalue weighted by Crippen LogP contribution is -2.56. The van der Waals surface area contributed by atoms with Crippen LogP contribution < -0.4 is 0 Å². The molecule has 0 saturated carbocycles. The lowest BCUT2D eigenvalue weighted by molar-refractivity contribution is -0.243. The van der Waals surface area contributed by atoms with Gasteiger partial charge in [0.1, 0.15) is 12.2 Å². The van der Waals surface area contributed by atoms with E-state index in [1.54, 1.807) is 0 Å². The van der Waals surface area contributed by atoms with E-state index in [0.717, 1.165) is 0 Å². The van der Waals surface area contributed by atoms with Crippen LogP contribution in [0.25, 0.3) is 0 Å². The third kappa shape index (κ3) is 1.54. The molecular weight excluding hydrogens is 223 g/mol. The topological polar surface area (TPSA) is 69.9 Å². The van der Waals surface area contributed by atoms with Gasteiger partial charge in [0.2, 0.25) is 10.9 Å². The fourth-order valence-electron chi connectivity index (χ4n) is 0.795. The number of alkyl halides is 2. The molecule has 0 spiro atoms. The first-order valence-corrected chi connectivity index (χ1v) is 3.79. The van der Waals surface area contributed by atoms with Crippen molar-refractivity contribution in [3.05, 3.63) is 0 Å². The Bertz CT molecular complexity index is 153. The highest BCUT2D eigenvalue weighted by atomic mass is 79.9. The number of aliphatic hydroxyl groups excluding tert-OH is 3. The maximum absolute atomic E-state index is 13.0. The minimum Gasteiger partial charge on any atom is -0.388 e. The summed E-state index contributed by atoms with van der Waals surface area (Å²) in [6, 6.07) is 0. The van der Waals surface area contributed by atoms with Crippen LogP contribution in [0.15, 0.2) is 0 Å². The summed E-state index contributed by atoms with van der Waals surface area (Å²) in [5, 5.41) is 26.6. The summed E-state index contributed by atoms with van der Waals surface area (Å²) < 4.78 is 15.0. The van der Waals surface area contributed by atoms with Gasteiger partial charge >= 0.3 is 0 Å². The molecule has 6 heteroatoms. The average molecular weight is 231 g/mol. The molecule has 0 bridgehead atoms. The second-order valence-corrected chi connectivity index (χ2v) is 3.59. The first-order chi connectivity index (χ1) is 4.96. The van der Waals surface area contributed by atoms with E-state index in [4.69, 9.17) is 15.3 Å². The Labute approximate surface area is 70.7 Å². The molecule has 1 rings (SSSR count). The highest BCUT2D eigenvalue weighted by Crippen LogP contribution is 2.34. The van der Waals surface area contributed by atoms with Crippen LogP contribution in [0.5, 0.6) is 0 Å². The lowest BCUT2D eigenvalue weighted by Gasteiger charge is -2.36. The fraction of sp³-hybridized carbons (Fsp3) is 1.00. The molecule has 66 valence electrons. The third-order valence-electron chi connectivity index (χ3n) is 1.51. The van der Waals surface area contributed by atoms with Crippen LogP contribution in [0, 0.1) is 0 Å². The van der Waals surface area contributed by atoms with Crippen molar-refractivity contribution in [2.45, 2.75) is 23.1 Å². The van der Waals surface area contributed by atoms with Crippen molar-refractivity contribution < 1.29 is 24.4 Å². The van der Waals surface area contributed by atoms with Gasteiger partial charge in [-0.2, -0.15) is 0 Å². The van der Waals surface area contributed by atoms with Gasteiger partial charge in [-0.3, -0.25) is 0 Å². The summed E-state index contributed by atoms with van der Waals surface area (Å²) in [6.45, 7) is -0.278. The van der Waals surface area contributed by atoms with Crippen molar-refractivity contribution >= 4 is 15.9 Å². The van der Waals surface area contributed by atoms with E-state index in [2.05, 4.69) is 20.7 Å². The van der Waals surface area contributed by atoms with Gasteiger partial charge in [0.25, 0.3) is 0 Å². The summed E-state index contributed by atoms with van der Waals surface area (Å²) in [5.41, 5.74) is 0. The van der Waals surface area contributed by atoms with Crippen LogP contribution in [0.4, 0.5) is 4.39 Å². The SMILES string of the molecule is OC1OC[C@@H](O)[C@@H](O)[C@@]1(F)Br. The first kappa shape index (κ1) is 9.34. The van der Waals surface area contributed by atoms with Crippen LogP contribution in [-0.4, -0.2) is 45.0 Å². The van der Waals surface area contributed by atoms with Gasteiger partial charge in [-0.1, -0.05) is 0 Å². The minimum absolute atomic E-state index is 0.278. The molecule has 3 N–H and O–H groups in total. The molecule has 1 unspecified atom stereocenters. The summed E-state index contributed by atoms with van der Waals surface area (Å²) in [7, 11) is 0. The molecule has 11 heavy (non-hydrogen) atoms. The van der Waals surface area contributed by atoms with Crippen molar-refractivity contribution in [1.82, 2.24) is 0 Å². The Morgan fingerprint density at radius 1 is 1.45 bits per heavy atom. The van der Waals surface area contributed by atoms with Crippen LogP contribution in [0.2, 0.25) is 0 Å². The zero-order valence-corrected chi connectivity index (χ0v) is 7.03. The van der Waals surface area contributed by atoms with Crippen molar-refractivity contribution in [2.24, 2.45) is 0 Å². The molecule has 1 aliphatic rings. The largest absolute Gasteiger partial charge is 0.388 e. The Hall–Kier alpha value is 0.250. The van der Waals surface area contributed by atoms with E-state index in [1.807, 2.05) is 0 Å². The zero-order valence-electron chi connectivity index (χ0n) is 5.44. The average Bonchev–Trinajstić information content (AvgIpc) is 1.95. The van der Waals surface area contributed by atoms with Gasteiger partial charge < -0.3 is 20.1 Å². The molecule has 0 radical (unpaired) electrons. The highest BCUT2D eigenvalue weighted by molar-refractivity contribution is 9.10. The molecule has 0 amide bonds. The normalized spacial score (nSPS) is 52.6. The van der Waals surface area contributed by atoms with Gasteiger partial charge in [-0.25, -0.2) is 4.39 Å². The Kier molecular flexibility index (Phi) is 2.50. The predicted octanol–water partition coefficient (Wildman–Crippen LogP) is -0.883. The van der Waals surface area contributed by atoms with Crippen LogP contribution in [0.1, 0.15) is 0 Å². The van der Waals surface area contributed by atoms with Gasteiger partial charge in [0.05, 0.1) is 6.61 Å². The number of rotatable bonds is 0. The number of aliphatic hydroxyl groups is 3. The zero-order chi connectivity index (χ0) is 8.65. The molecule has 1 aliphatic heterocycles. The number of hydrogen-bond donors (Lipinski definition) is 3. The molecule has 1 saturated heterocycles. The summed E-state index contributed by atoms with van der Waals surface area (Å²) in [4.78, 5) is 0. The van der Waals surface area contributed by atoms with Gasteiger partial charge in [0.15, 0.2) is 0 Å². The van der Waals surface area contributed by atoms with Crippen molar-refractivity contribution in [2.75, 3.05) is 6.61 Å². The van der Waals surface area contributed by atoms with Crippen molar-refractivity contribution in [1.29, 1.82) is 0 Å². The molecule has 0 aromatic rings. The summed E-state index contributed by atoms with van der Waals surface area (Å²) in [6.07, 6.45) is -4.74. The highest BCUT2D eigenvalue weighted by Gasteiger charge is 2.50. The third-order valence-corrected chi connectivity index (χ3v) is 2.37. The lowest BCUT2D eigenvalue weighted by atomic mass is 10.1. The minimum atomic E-state index is -2.48. The maximum Gasteiger partial charge on any atom is 0.243 e. The molecule has 0 aromatic carbocycles. The second kappa shape index (κ2) is 2.95. The molecule has 4 atom stereocenters. The van der Waals surface area contributed by atoms with E-state index < -0.39 is 23.1 Å².